The van der Waals surface area contributed by atoms with Crippen LogP contribution in [0.3, 0.4) is 0 Å². The van der Waals surface area contributed by atoms with E-state index in [1.165, 1.54) is 0 Å². The number of hydrogen-bond acceptors (Lipinski definition) is 10. The molecule has 1 aliphatic heterocycles. The lowest BCUT2D eigenvalue weighted by Gasteiger charge is -2.38. The monoisotopic (exact) mass is 445 g/mol. The highest BCUT2D eigenvalue weighted by molar-refractivity contribution is 6.68. The Labute approximate surface area is 165 Å². The van der Waals surface area contributed by atoms with Gasteiger partial charge >= 0.3 is 18.6 Å². The van der Waals surface area contributed by atoms with Crippen molar-refractivity contribution in [2.45, 2.75) is 41.5 Å². The Morgan fingerprint density at radius 3 is 1.73 bits per heavy atom. The fraction of sp³-hybridized carbons (Fsp3) is 1.00. The second-order valence-electron chi connectivity index (χ2n) is 5.29. The van der Waals surface area contributed by atoms with Gasteiger partial charge < -0.3 is 16.5 Å². The molecule has 0 N–H and O–H groups in total. The van der Waals surface area contributed by atoms with Crippen molar-refractivity contribution in [3.63, 3.8) is 0 Å². The normalized spacial score (nSPS) is 23.2. The molecule has 0 radical (unpaired) electrons. The zero-order valence-corrected chi connectivity index (χ0v) is 21.9. The zero-order valence-electron chi connectivity index (χ0n) is 16.9. The van der Waals surface area contributed by atoms with E-state index in [-0.39, 0.29) is 0 Å². The van der Waals surface area contributed by atoms with Crippen LogP contribution >= 0.6 is 0 Å². The van der Waals surface area contributed by atoms with Gasteiger partial charge in [0.15, 0.2) is 0 Å². The summed E-state index contributed by atoms with van der Waals surface area (Å²) in [5.74, 6) is 0. The summed E-state index contributed by atoms with van der Waals surface area (Å²) in [5.41, 5.74) is 0. The highest BCUT2D eigenvalue weighted by Gasteiger charge is 2.54. The maximum absolute atomic E-state index is 6.21. The third-order valence-electron chi connectivity index (χ3n) is 3.68. The summed E-state index contributed by atoms with van der Waals surface area (Å²) in [4.78, 5) is 0. The SMILES string of the molecule is CCN(CC)O[SiH]1O[SiH2]O[SiH2]O[Si](ON(CC)CC)(ON(CC)CC)O1. The van der Waals surface area contributed by atoms with Crippen LogP contribution in [-0.4, -0.2) is 93.0 Å². The van der Waals surface area contributed by atoms with Crippen LogP contribution in [0, 0.1) is 0 Å². The Morgan fingerprint density at radius 1 is 0.769 bits per heavy atom. The molecular weight excluding hydrogens is 410 g/mol. The van der Waals surface area contributed by atoms with Crippen molar-refractivity contribution in [3.05, 3.63) is 0 Å². The molecule has 1 fully saturated rings. The quantitative estimate of drug-likeness (QED) is 0.277. The smallest absolute Gasteiger partial charge is 0.425 e. The van der Waals surface area contributed by atoms with Gasteiger partial charge in [0.05, 0.1) is 0 Å². The van der Waals surface area contributed by atoms with Gasteiger partial charge in [0.1, 0.15) is 0 Å². The molecule has 1 atom stereocenters. The highest BCUT2D eigenvalue weighted by atomic mass is 28.5. The second-order valence-corrected chi connectivity index (χ2v) is 13.0. The van der Waals surface area contributed by atoms with Crippen molar-refractivity contribution in [1.29, 1.82) is 0 Å². The van der Waals surface area contributed by atoms with E-state index >= 15 is 0 Å². The summed E-state index contributed by atoms with van der Waals surface area (Å²) in [7, 11) is -8.58. The van der Waals surface area contributed by atoms with Crippen LogP contribution in [0.1, 0.15) is 41.5 Å². The van der Waals surface area contributed by atoms with Crippen LogP contribution in [0.25, 0.3) is 0 Å². The summed E-state index contributed by atoms with van der Waals surface area (Å²) < 4.78 is 41.9. The van der Waals surface area contributed by atoms with E-state index in [9.17, 15) is 0 Å². The van der Waals surface area contributed by atoms with Crippen molar-refractivity contribution in [1.82, 2.24) is 15.2 Å². The number of rotatable bonds is 12. The summed E-state index contributed by atoms with van der Waals surface area (Å²) >= 11 is 0. The van der Waals surface area contributed by atoms with E-state index in [1.807, 2.05) is 41.5 Å². The van der Waals surface area contributed by atoms with Gasteiger partial charge in [-0.1, -0.05) is 41.5 Å². The Morgan fingerprint density at radius 2 is 1.27 bits per heavy atom. The molecule has 1 rings (SSSR count). The second kappa shape index (κ2) is 13.6. The molecule has 1 aliphatic rings. The van der Waals surface area contributed by atoms with Gasteiger partial charge in [-0.2, -0.15) is 15.2 Å². The number of hydrogen-bond donors (Lipinski definition) is 0. The zero-order chi connectivity index (χ0) is 19.4. The lowest BCUT2D eigenvalue weighted by molar-refractivity contribution is -0.203. The van der Waals surface area contributed by atoms with Gasteiger partial charge in [-0.15, -0.1) is 0 Å². The molecule has 0 amide bonds. The minimum absolute atomic E-state index is 0.681. The molecule has 1 saturated heterocycles. The largest absolute Gasteiger partial charge is 0.697 e. The Hall–Kier alpha value is 0.468. The van der Waals surface area contributed by atoms with Crippen LogP contribution in [0.15, 0.2) is 0 Å². The average molecular weight is 446 g/mol. The predicted octanol–water partition coefficient (Wildman–Crippen LogP) is -0.963. The molecule has 0 saturated carbocycles. The molecule has 0 aromatic rings. The fourth-order valence-corrected chi connectivity index (χ4v) is 11.4. The standard InChI is InChI=1S/C12H35N3O7Si4/c1-7-13(8-2)16-25-20-23-19-24-21-26(22-25,17-14(9-3)10-4)18-15(11-5)12-6/h25H,7-12,23-24H2,1-6H3. The van der Waals surface area contributed by atoms with Gasteiger partial charge in [-0.3, -0.25) is 13.6 Å². The van der Waals surface area contributed by atoms with E-state index in [0.717, 1.165) is 13.1 Å². The third-order valence-corrected chi connectivity index (χ3v) is 11.9. The maximum Gasteiger partial charge on any atom is 0.697 e. The van der Waals surface area contributed by atoms with E-state index in [1.54, 1.807) is 15.2 Å². The van der Waals surface area contributed by atoms with Crippen molar-refractivity contribution in [2.75, 3.05) is 39.3 Å². The minimum Gasteiger partial charge on any atom is -0.425 e. The van der Waals surface area contributed by atoms with Gasteiger partial charge in [-0.05, 0) is 0 Å². The topological polar surface area (TPSA) is 74.3 Å². The van der Waals surface area contributed by atoms with Crippen LogP contribution in [0.5, 0.6) is 0 Å². The molecular formula is C12H35N3O7Si4. The maximum atomic E-state index is 6.21. The van der Waals surface area contributed by atoms with Crippen LogP contribution in [-0.2, 0) is 30.0 Å². The van der Waals surface area contributed by atoms with Crippen molar-refractivity contribution in [3.8, 4) is 0 Å². The first-order valence-corrected chi connectivity index (χ1v) is 14.7. The van der Waals surface area contributed by atoms with E-state index in [4.69, 9.17) is 30.0 Å². The van der Waals surface area contributed by atoms with Gasteiger partial charge in [0.25, 0.3) is 20.0 Å². The van der Waals surface area contributed by atoms with Crippen LogP contribution in [0.4, 0.5) is 0 Å². The van der Waals surface area contributed by atoms with Gasteiger partial charge in [0.2, 0.25) is 0 Å². The first-order valence-electron chi connectivity index (χ1n) is 9.37. The number of hydroxylamine groups is 6. The molecule has 1 heterocycles. The minimum atomic E-state index is -3.53. The molecule has 0 bridgehead atoms. The molecule has 156 valence electrons. The summed E-state index contributed by atoms with van der Waals surface area (Å²) in [6, 6.07) is 0. The molecule has 0 spiro atoms. The molecule has 0 aliphatic carbocycles. The van der Waals surface area contributed by atoms with E-state index < -0.39 is 38.6 Å². The Kier molecular flexibility index (Phi) is 12.8. The third kappa shape index (κ3) is 8.23. The summed E-state index contributed by atoms with van der Waals surface area (Å²) in [6.45, 7) is 16.2. The van der Waals surface area contributed by atoms with Crippen molar-refractivity contribution < 1.29 is 30.0 Å². The summed E-state index contributed by atoms with van der Waals surface area (Å²) in [5, 5.41) is 5.34. The summed E-state index contributed by atoms with van der Waals surface area (Å²) in [6.07, 6.45) is 0. The Bertz CT molecular complexity index is 352. The van der Waals surface area contributed by atoms with Crippen LogP contribution in [0.2, 0.25) is 0 Å². The van der Waals surface area contributed by atoms with Gasteiger partial charge in [-0.25, -0.2) is 0 Å². The lowest BCUT2D eigenvalue weighted by atomic mass is 10.6. The van der Waals surface area contributed by atoms with E-state index in [0.29, 0.717) is 26.2 Å². The fourth-order valence-electron chi connectivity index (χ4n) is 2.12. The average Bonchev–Trinajstić information content (AvgIpc) is 2.65. The first kappa shape index (κ1) is 24.5. The highest BCUT2D eigenvalue weighted by Crippen LogP contribution is 2.19. The molecule has 26 heavy (non-hydrogen) atoms. The van der Waals surface area contributed by atoms with Crippen molar-refractivity contribution >= 4 is 38.6 Å². The predicted molar refractivity (Wildman–Crippen MR) is 106 cm³/mol. The van der Waals surface area contributed by atoms with E-state index in [2.05, 4.69) is 0 Å². The molecule has 0 aromatic heterocycles. The molecule has 1 unspecified atom stereocenters. The molecule has 10 nitrogen and oxygen atoms in total. The Balaban J connectivity index is 3.01. The lowest BCUT2D eigenvalue weighted by Crippen LogP contribution is -2.62. The number of nitrogens with zero attached hydrogens (tertiary/aromatic N) is 3. The molecule has 0 aromatic carbocycles. The van der Waals surface area contributed by atoms with Gasteiger partial charge in [0, 0.05) is 39.3 Å². The first-order chi connectivity index (χ1) is 12.6. The molecule has 14 heteroatoms. The van der Waals surface area contributed by atoms with Crippen molar-refractivity contribution in [2.24, 2.45) is 0 Å². The van der Waals surface area contributed by atoms with Crippen LogP contribution < -0.4 is 0 Å².